The van der Waals surface area contributed by atoms with Crippen molar-refractivity contribution in [3.05, 3.63) is 123 Å². The van der Waals surface area contributed by atoms with E-state index in [0.717, 1.165) is 9.87 Å². The van der Waals surface area contributed by atoms with Crippen molar-refractivity contribution in [3.63, 3.8) is 0 Å². The third-order valence-corrected chi connectivity index (χ3v) is 9.96. The minimum Gasteiger partial charge on any atom is -0.494 e. The van der Waals surface area contributed by atoms with Crippen LogP contribution in [-0.4, -0.2) is 50.4 Å². The molecule has 0 saturated carbocycles. The Labute approximate surface area is 291 Å². The zero-order valence-electron chi connectivity index (χ0n) is 26.2. The van der Waals surface area contributed by atoms with Crippen LogP contribution in [0.25, 0.3) is 0 Å². The number of amides is 2. The molecule has 1 atom stereocenters. The van der Waals surface area contributed by atoms with Gasteiger partial charge in [0.15, 0.2) is 0 Å². The van der Waals surface area contributed by atoms with Crippen molar-refractivity contribution in [1.29, 1.82) is 0 Å². The van der Waals surface area contributed by atoms with Gasteiger partial charge in [-0.25, -0.2) is 8.42 Å². The van der Waals surface area contributed by atoms with E-state index < -0.39 is 34.4 Å². The van der Waals surface area contributed by atoms with Gasteiger partial charge in [-0.1, -0.05) is 71.2 Å². The SMILES string of the molecule is CCOc1ccc(N(CC(=O)N(Cc2c(Cl)cccc2Cl)C(Cc2ccccc2)C(=O)NC(C)C)S(=O)(=O)c2ccc(Cl)cc2)cc1. The molecule has 0 saturated heterocycles. The number of benzene rings is 4. The van der Waals surface area contributed by atoms with Gasteiger partial charge >= 0.3 is 0 Å². The van der Waals surface area contributed by atoms with Crippen molar-refractivity contribution < 1.29 is 22.7 Å². The smallest absolute Gasteiger partial charge is 0.264 e. The molecule has 0 aliphatic rings. The molecule has 47 heavy (non-hydrogen) atoms. The predicted octanol–water partition coefficient (Wildman–Crippen LogP) is 7.41. The van der Waals surface area contributed by atoms with Gasteiger partial charge in [-0.05, 0) is 87.0 Å². The number of sulfonamides is 1. The molecule has 0 spiro atoms. The van der Waals surface area contributed by atoms with E-state index in [1.54, 1.807) is 42.5 Å². The van der Waals surface area contributed by atoms with Gasteiger partial charge in [-0.15, -0.1) is 0 Å². The molecular weight excluding hydrogens is 681 g/mol. The number of carbonyl (C=O) groups excluding carboxylic acids is 2. The maximum Gasteiger partial charge on any atom is 0.264 e. The summed E-state index contributed by atoms with van der Waals surface area (Å²) in [5.74, 6) is -0.518. The van der Waals surface area contributed by atoms with E-state index in [0.29, 0.717) is 33.0 Å². The van der Waals surface area contributed by atoms with E-state index in [9.17, 15) is 18.0 Å². The van der Waals surface area contributed by atoms with Crippen molar-refractivity contribution >= 4 is 62.3 Å². The lowest BCUT2D eigenvalue weighted by molar-refractivity contribution is -0.140. The summed E-state index contributed by atoms with van der Waals surface area (Å²) in [7, 11) is -4.30. The molecular formula is C35H36Cl3N3O5S. The molecule has 0 aromatic heterocycles. The van der Waals surface area contributed by atoms with Crippen molar-refractivity contribution in [1.82, 2.24) is 10.2 Å². The van der Waals surface area contributed by atoms with Crippen LogP contribution in [-0.2, 0) is 32.6 Å². The summed E-state index contributed by atoms with van der Waals surface area (Å²) in [6.07, 6.45) is 0.153. The maximum atomic E-state index is 14.6. The second-order valence-electron chi connectivity index (χ2n) is 11.0. The van der Waals surface area contributed by atoms with Gasteiger partial charge in [0.05, 0.1) is 17.2 Å². The molecule has 4 aromatic rings. The number of hydrogen-bond donors (Lipinski definition) is 1. The standard InChI is InChI=1S/C35H36Cl3N3O5S/c1-4-46-28-17-15-27(16-18-28)41(47(44,45)29-19-13-26(36)14-20-29)23-34(42)40(22-30-31(37)11-8-12-32(30)38)33(35(43)39-24(2)3)21-25-9-6-5-7-10-25/h5-20,24,33H,4,21-23H2,1-3H3,(H,39,43). The highest BCUT2D eigenvalue weighted by molar-refractivity contribution is 7.92. The zero-order valence-corrected chi connectivity index (χ0v) is 29.3. The molecule has 2 amide bonds. The highest BCUT2D eigenvalue weighted by atomic mass is 35.5. The number of carbonyl (C=O) groups is 2. The number of hydrogen-bond acceptors (Lipinski definition) is 5. The Bertz CT molecular complexity index is 1750. The van der Waals surface area contributed by atoms with Crippen LogP contribution < -0.4 is 14.4 Å². The number of anilines is 1. The Kier molecular flexibility index (Phi) is 12.6. The van der Waals surface area contributed by atoms with Crippen LogP contribution in [0.1, 0.15) is 31.9 Å². The van der Waals surface area contributed by atoms with Gasteiger partial charge in [0.2, 0.25) is 11.8 Å². The largest absolute Gasteiger partial charge is 0.494 e. The molecule has 0 aliphatic carbocycles. The first-order valence-electron chi connectivity index (χ1n) is 15.0. The third-order valence-electron chi connectivity index (χ3n) is 7.21. The first-order valence-corrected chi connectivity index (χ1v) is 17.6. The van der Waals surface area contributed by atoms with Crippen LogP contribution in [0, 0.1) is 0 Å². The first-order chi connectivity index (χ1) is 22.4. The van der Waals surface area contributed by atoms with Gasteiger partial charge < -0.3 is 15.0 Å². The summed E-state index contributed by atoms with van der Waals surface area (Å²) in [5.41, 5.74) is 1.45. The summed E-state index contributed by atoms with van der Waals surface area (Å²) in [5, 5.41) is 3.88. The molecule has 0 bridgehead atoms. The fourth-order valence-corrected chi connectivity index (χ4v) is 6.98. The molecule has 12 heteroatoms. The topological polar surface area (TPSA) is 96.0 Å². The lowest BCUT2D eigenvalue weighted by atomic mass is 10.0. The fraction of sp³-hybridized carbons (Fsp3) is 0.257. The molecule has 1 unspecified atom stereocenters. The third kappa shape index (κ3) is 9.41. The average Bonchev–Trinajstić information content (AvgIpc) is 3.03. The molecule has 4 aromatic carbocycles. The normalized spacial score (nSPS) is 12.0. The molecule has 0 radical (unpaired) electrons. The van der Waals surface area contributed by atoms with Crippen molar-refractivity contribution in [2.45, 2.75) is 50.7 Å². The minimum absolute atomic E-state index is 0.0670. The van der Waals surface area contributed by atoms with Crippen molar-refractivity contribution in [2.24, 2.45) is 0 Å². The summed E-state index contributed by atoms with van der Waals surface area (Å²) >= 11 is 19.2. The number of rotatable bonds is 14. The van der Waals surface area contributed by atoms with Gasteiger partial charge in [-0.2, -0.15) is 0 Å². The van der Waals surface area contributed by atoms with E-state index in [-0.39, 0.29) is 29.6 Å². The second kappa shape index (κ2) is 16.4. The number of ether oxygens (including phenoxy) is 1. The fourth-order valence-electron chi connectivity index (χ4n) is 4.93. The summed E-state index contributed by atoms with van der Waals surface area (Å²) in [6, 6.07) is 25.0. The van der Waals surface area contributed by atoms with E-state index in [4.69, 9.17) is 39.5 Å². The Balaban J connectivity index is 1.84. The van der Waals surface area contributed by atoms with Gasteiger partial charge in [-0.3, -0.25) is 13.9 Å². The van der Waals surface area contributed by atoms with Crippen molar-refractivity contribution in [3.8, 4) is 5.75 Å². The van der Waals surface area contributed by atoms with Crippen LogP contribution in [0.3, 0.4) is 0 Å². The number of halogens is 3. The van der Waals surface area contributed by atoms with Crippen LogP contribution in [0.4, 0.5) is 5.69 Å². The zero-order chi connectivity index (χ0) is 34.1. The molecule has 0 fully saturated rings. The van der Waals surface area contributed by atoms with Gasteiger partial charge in [0, 0.05) is 39.6 Å². The van der Waals surface area contributed by atoms with E-state index in [1.807, 2.05) is 51.1 Å². The van der Waals surface area contributed by atoms with E-state index in [2.05, 4.69) is 5.32 Å². The van der Waals surface area contributed by atoms with Crippen LogP contribution >= 0.6 is 34.8 Å². The van der Waals surface area contributed by atoms with Crippen molar-refractivity contribution in [2.75, 3.05) is 17.5 Å². The first kappa shape index (κ1) is 36.1. The summed E-state index contributed by atoms with van der Waals surface area (Å²) in [6.45, 7) is 5.11. The number of nitrogens with one attached hydrogen (secondary N) is 1. The summed E-state index contributed by atoms with van der Waals surface area (Å²) in [4.78, 5) is 29.7. The monoisotopic (exact) mass is 715 g/mol. The van der Waals surface area contributed by atoms with Crippen LogP contribution in [0.15, 0.2) is 102 Å². The van der Waals surface area contributed by atoms with Crippen LogP contribution in [0.2, 0.25) is 15.1 Å². The molecule has 248 valence electrons. The maximum absolute atomic E-state index is 14.6. The molecule has 8 nitrogen and oxygen atoms in total. The Hall–Kier alpha value is -3.76. The highest BCUT2D eigenvalue weighted by Gasteiger charge is 2.35. The van der Waals surface area contributed by atoms with E-state index in [1.165, 1.54) is 29.2 Å². The minimum atomic E-state index is -4.30. The number of nitrogens with zero attached hydrogens (tertiary/aromatic N) is 2. The van der Waals surface area contributed by atoms with Crippen LogP contribution in [0.5, 0.6) is 5.75 Å². The van der Waals surface area contributed by atoms with Gasteiger partial charge in [0.1, 0.15) is 18.3 Å². The summed E-state index contributed by atoms with van der Waals surface area (Å²) < 4.78 is 34.9. The Morgan fingerprint density at radius 3 is 2.02 bits per heavy atom. The Morgan fingerprint density at radius 1 is 0.830 bits per heavy atom. The lowest BCUT2D eigenvalue weighted by Crippen LogP contribution is -2.54. The lowest BCUT2D eigenvalue weighted by Gasteiger charge is -2.34. The quantitative estimate of drug-likeness (QED) is 0.147. The van der Waals surface area contributed by atoms with Gasteiger partial charge in [0.25, 0.3) is 10.0 Å². The molecule has 1 N–H and O–H groups in total. The predicted molar refractivity (Wildman–Crippen MR) is 188 cm³/mol. The van der Waals surface area contributed by atoms with E-state index >= 15 is 0 Å². The average molecular weight is 717 g/mol. The molecule has 0 aliphatic heterocycles. The Morgan fingerprint density at radius 2 is 1.45 bits per heavy atom. The molecule has 4 rings (SSSR count). The molecule has 0 heterocycles. The second-order valence-corrected chi connectivity index (χ2v) is 14.1. The highest BCUT2D eigenvalue weighted by Crippen LogP contribution is 2.30.